The van der Waals surface area contributed by atoms with Gasteiger partial charge in [-0.15, -0.1) is 0 Å². The van der Waals surface area contributed by atoms with Crippen molar-refractivity contribution < 1.29 is 35.5 Å². The second kappa shape index (κ2) is 11.3. The molecule has 204 valence electrons. The third-order valence-corrected chi connectivity index (χ3v) is 9.21. The zero-order valence-corrected chi connectivity index (χ0v) is 24.4. The summed E-state index contributed by atoms with van der Waals surface area (Å²) in [5, 5.41) is 3.12. The molecule has 0 fully saturated rings. The van der Waals surface area contributed by atoms with Crippen molar-refractivity contribution in [2.45, 2.75) is 26.3 Å². The summed E-state index contributed by atoms with van der Waals surface area (Å²) in [6.07, 6.45) is 5.33. The van der Waals surface area contributed by atoms with Crippen LogP contribution >= 0.6 is 34.3 Å². The lowest BCUT2D eigenvalue weighted by atomic mass is 10.2. The highest BCUT2D eigenvalue weighted by Gasteiger charge is 2.28. The number of benzene rings is 1. The van der Waals surface area contributed by atoms with Gasteiger partial charge in [0.25, 0.3) is 15.7 Å². The van der Waals surface area contributed by atoms with Crippen molar-refractivity contribution >= 4 is 81.6 Å². The molecule has 0 unspecified atom stereocenters. The number of carbonyl (C=O) groups is 1. The number of allylic oxidation sites excluding steroid dienone is 2. The smallest absolute Gasteiger partial charge is 0.299 e. The van der Waals surface area contributed by atoms with Gasteiger partial charge in [-0.25, -0.2) is 21.6 Å². The monoisotopic (exact) mass is 617 g/mol. The standard InChI is InChI=1S/C23H24ClN3O7S4/c1-3-15(12-22-27(14-20(28)25-37(2,29)30)23-19(36-22)7-9-35-23)11-21-26(8-4-10-38(31,32)33)17-13-16(24)5-6-18(17)34-21/h5-7,9,11-13H,3-4,8,10,14H2,1-2H3,(H-,25,28,31,32,33). The number of thiazole rings is 1. The molecule has 10 nitrogen and oxygen atoms in total. The maximum atomic E-state index is 12.4. The Balaban J connectivity index is 1.69. The van der Waals surface area contributed by atoms with Gasteiger partial charge in [-0.1, -0.05) is 41.2 Å². The number of amides is 1. The van der Waals surface area contributed by atoms with Crippen molar-refractivity contribution in [1.82, 2.24) is 4.72 Å². The quantitative estimate of drug-likeness (QED) is 0.270. The molecule has 0 bridgehead atoms. The SMILES string of the molecule is CCC(=Cc1sc2ccsc2[n+]1CC(=O)NS(C)(=O)=O)C=C1Oc2ccc(Cl)cc2N1CCCS(=O)(=O)[O-]. The molecule has 1 N–H and O–H groups in total. The summed E-state index contributed by atoms with van der Waals surface area (Å²) in [7, 11) is -8.06. The fourth-order valence-electron chi connectivity index (χ4n) is 3.85. The summed E-state index contributed by atoms with van der Waals surface area (Å²) in [6, 6.07) is 7.04. The van der Waals surface area contributed by atoms with Gasteiger partial charge in [0.1, 0.15) is 4.70 Å². The van der Waals surface area contributed by atoms with Gasteiger partial charge >= 0.3 is 0 Å². The number of sulfonamides is 1. The van der Waals surface area contributed by atoms with Crippen molar-refractivity contribution in [1.29, 1.82) is 0 Å². The Morgan fingerprint density at radius 1 is 1.26 bits per heavy atom. The fourth-order valence-corrected chi connectivity index (χ4v) is 7.23. The molecule has 3 heterocycles. The van der Waals surface area contributed by atoms with Crippen LogP contribution in [0, 0.1) is 0 Å². The van der Waals surface area contributed by atoms with Crippen molar-refractivity contribution in [2.24, 2.45) is 0 Å². The topological polar surface area (TPSA) is 137 Å². The van der Waals surface area contributed by atoms with Gasteiger partial charge in [-0.2, -0.15) is 4.57 Å². The van der Waals surface area contributed by atoms with Crippen molar-refractivity contribution in [2.75, 3.05) is 23.5 Å². The minimum atomic E-state index is -4.37. The summed E-state index contributed by atoms with van der Waals surface area (Å²) in [5.74, 6) is -0.170. The number of rotatable bonds is 10. The van der Waals surface area contributed by atoms with Crippen LogP contribution in [0.3, 0.4) is 0 Å². The number of thiophene rings is 1. The van der Waals surface area contributed by atoms with Gasteiger partial charge < -0.3 is 14.2 Å². The van der Waals surface area contributed by atoms with Gasteiger partial charge in [0.15, 0.2) is 5.75 Å². The molecule has 1 amide bonds. The highest BCUT2D eigenvalue weighted by Crippen LogP contribution is 2.41. The third kappa shape index (κ3) is 7.12. The van der Waals surface area contributed by atoms with Crippen LogP contribution in [0.25, 0.3) is 15.6 Å². The minimum absolute atomic E-state index is 0.0975. The first-order valence-corrected chi connectivity index (χ1v) is 16.9. The Hall–Kier alpha value is -2.49. The Labute approximate surface area is 233 Å². The first kappa shape index (κ1) is 28.5. The zero-order valence-electron chi connectivity index (χ0n) is 20.3. The second-order valence-electron chi connectivity index (χ2n) is 8.45. The van der Waals surface area contributed by atoms with Gasteiger partial charge in [0.2, 0.25) is 22.5 Å². The number of anilines is 1. The van der Waals surface area contributed by atoms with Crippen molar-refractivity contribution in [3.63, 3.8) is 0 Å². The van der Waals surface area contributed by atoms with E-state index in [4.69, 9.17) is 16.3 Å². The number of nitrogens with zero attached hydrogens (tertiary/aromatic N) is 2. The molecule has 0 atom stereocenters. The van der Waals surface area contributed by atoms with E-state index in [1.807, 2.05) is 35.2 Å². The van der Waals surface area contributed by atoms with E-state index in [0.717, 1.165) is 26.4 Å². The Kier molecular flexibility index (Phi) is 8.49. The molecule has 0 aliphatic carbocycles. The number of carbonyl (C=O) groups excluding carboxylic acids is 1. The van der Waals surface area contributed by atoms with Crippen LogP contribution in [0.2, 0.25) is 5.02 Å². The van der Waals surface area contributed by atoms with Crippen LogP contribution < -0.4 is 18.9 Å². The third-order valence-electron chi connectivity index (χ3n) is 5.43. The summed E-state index contributed by atoms with van der Waals surface area (Å²) < 4.78 is 67.2. The summed E-state index contributed by atoms with van der Waals surface area (Å²) in [6.45, 7) is 1.99. The molecule has 3 aromatic rings. The summed E-state index contributed by atoms with van der Waals surface area (Å²) >= 11 is 9.09. The Bertz CT molecular complexity index is 1660. The molecule has 2 aromatic heterocycles. The maximum absolute atomic E-state index is 12.4. The zero-order chi connectivity index (χ0) is 27.7. The molecule has 0 saturated heterocycles. The van der Waals surface area contributed by atoms with E-state index in [1.54, 1.807) is 27.7 Å². The van der Waals surface area contributed by atoms with E-state index in [1.165, 1.54) is 22.7 Å². The molecule has 0 saturated carbocycles. The Morgan fingerprint density at radius 2 is 2.03 bits per heavy atom. The molecule has 0 radical (unpaired) electrons. The van der Waals surface area contributed by atoms with Crippen LogP contribution in [0.4, 0.5) is 5.69 Å². The van der Waals surface area contributed by atoms with Gasteiger partial charge in [-0.3, -0.25) is 4.79 Å². The highest BCUT2D eigenvalue weighted by atomic mass is 35.5. The number of hydrogen-bond acceptors (Lipinski definition) is 10. The number of hydrogen-bond donors (Lipinski definition) is 1. The molecule has 38 heavy (non-hydrogen) atoms. The number of ether oxygens (including phenoxy) is 1. The summed E-state index contributed by atoms with van der Waals surface area (Å²) in [4.78, 5) is 15.0. The van der Waals surface area contributed by atoms with Crippen LogP contribution in [-0.4, -0.2) is 45.8 Å². The van der Waals surface area contributed by atoms with Crippen LogP contribution in [0.15, 0.2) is 47.2 Å². The molecule has 1 aromatic carbocycles. The predicted octanol–water partition coefficient (Wildman–Crippen LogP) is 3.45. The summed E-state index contributed by atoms with van der Waals surface area (Å²) in [5.41, 5.74) is 1.50. The van der Waals surface area contributed by atoms with Crippen LogP contribution in [0.5, 0.6) is 5.75 Å². The number of halogens is 1. The van der Waals surface area contributed by atoms with Crippen molar-refractivity contribution in [3.8, 4) is 5.75 Å². The van der Waals surface area contributed by atoms with E-state index in [2.05, 4.69) is 0 Å². The average Bonchev–Trinajstić information content (AvgIpc) is 3.46. The van der Waals surface area contributed by atoms with Crippen molar-refractivity contribution in [3.05, 3.63) is 57.2 Å². The van der Waals surface area contributed by atoms with E-state index in [-0.39, 0.29) is 19.5 Å². The molecular formula is C23H24ClN3O7S4. The van der Waals surface area contributed by atoms with E-state index >= 15 is 0 Å². The van der Waals surface area contributed by atoms with Crippen LogP contribution in [0.1, 0.15) is 24.8 Å². The molecular weight excluding hydrogens is 594 g/mol. The van der Waals surface area contributed by atoms with Gasteiger partial charge in [-0.05, 0) is 48.1 Å². The van der Waals surface area contributed by atoms with Gasteiger partial charge in [0, 0.05) is 29.5 Å². The minimum Gasteiger partial charge on any atom is -0.748 e. The number of aromatic nitrogens is 1. The lowest BCUT2D eigenvalue weighted by molar-refractivity contribution is -0.653. The van der Waals surface area contributed by atoms with Crippen LogP contribution in [-0.2, 0) is 31.5 Å². The highest BCUT2D eigenvalue weighted by molar-refractivity contribution is 7.89. The lowest BCUT2D eigenvalue weighted by Crippen LogP contribution is -2.45. The Morgan fingerprint density at radius 3 is 2.71 bits per heavy atom. The average molecular weight is 618 g/mol. The molecule has 4 rings (SSSR count). The van der Waals surface area contributed by atoms with E-state index in [0.29, 0.717) is 28.8 Å². The molecule has 0 spiro atoms. The predicted molar refractivity (Wildman–Crippen MR) is 148 cm³/mol. The number of fused-ring (bicyclic) bond motifs is 2. The maximum Gasteiger partial charge on any atom is 0.299 e. The molecule has 1 aliphatic heterocycles. The normalized spacial score (nSPS) is 15.2. The van der Waals surface area contributed by atoms with Gasteiger partial charge in [0.05, 0.1) is 22.1 Å². The first-order chi connectivity index (χ1) is 17.8. The molecule has 15 heteroatoms. The first-order valence-electron chi connectivity index (χ1n) is 11.3. The lowest BCUT2D eigenvalue weighted by Gasteiger charge is -2.19. The number of nitrogens with one attached hydrogen (secondary N) is 1. The molecule has 1 aliphatic rings. The van der Waals surface area contributed by atoms with E-state index in [9.17, 15) is 26.2 Å². The second-order valence-corrected chi connectivity index (χ2v) is 14.1. The van der Waals surface area contributed by atoms with E-state index < -0.39 is 31.8 Å². The fraction of sp³-hybridized carbons (Fsp3) is 0.304. The largest absolute Gasteiger partial charge is 0.748 e.